The third-order valence-corrected chi connectivity index (χ3v) is 2.14. The molecule has 0 atom stereocenters. The fourth-order valence-electron chi connectivity index (χ4n) is 1.30. The highest BCUT2D eigenvalue weighted by molar-refractivity contribution is 5.66. The Hall–Kier alpha value is -1.90. The molecule has 0 amide bonds. The number of rotatable bonds is 2. The van der Waals surface area contributed by atoms with Gasteiger partial charge in [-0.3, -0.25) is 9.59 Å². The maximum absolute atomic E-state index is 11.1. The standard InChI is InChI=1S/C11H8O3/c1-14-8-4-2-7(3-5-8)9-6-10(12)11(9)13/h2-6H,1H3. The van der Waals surface area contributed by atoms with Crippen molar-refractivity contribution in [3.63, 3.8) is 0 Å². The SMILES string of the molecule is COc1ccc(-c2cc(=O)c2=O)cc1. The second kappa shape index (κ2) is 3.10. The van der Waals surface area contributed by atoms with Crippen molar-refractivity contribution in [1.29, 1.82) is 0 Å². The Bertz CT molecular complexity index is 516. The molecule has 0 aliphatic carbocycles. The molecule has 3 nitrogen and oxygen atoms in total. The van der Waals surface area contributed by atoms with Gasteiger partial charge in [0, 0.05) is 11.6 Å². The summed E-state index contributed by atoms with van der Waals surface area (Å²) in [6.45, 7) is 0. The van der Waals surface area contributed by atoms with Gasteiger partial charge in [-0.15, -0.1) is 0 Å². The van der Waals surface area contributed by atoms with Crippen LogP contribution in [0.15, 0.2) is 39.9 Å². The highest BCUT2D eigenvalue weighted by Crippen LogP contribution is 2.18. The molecule has 70 valence electrons. The molecule has 0 saturated carbocycles. The summed E-state index contributed by atoms with van der Waals surface area (Å²) in [5.74, 6) is 0.729. The van der Waals surface area contributed by atoms with Crippen LogP contribution in [-0.2, 0) is 0 Å². The Morgan fingerprint density at radius 2 is 1.71 bits per heavy atom. The van der Waals surface area contributed by atoms with E-state index < -0.39 is 10.9 Å². The van der Waals surface area contributed by atoms with Crippen LogP contribution in [0.25, 0.3) is 11.1 Å². The molecule has 0 fully saturated rings. The van der Waals surface area contributed by atoms with Crippen molar-refractivity contribution in [3.05, 3.63) is 50.8 Å². The molecule has 14 heavy (non-hydrogen) atoms. The molecule has 3 heteroatoms. The van der Waals surface area contributed by atoms with Gasteiger partial charge < -0.3 is 4.74 Å². The van der Waals surface area contributed by atoms with Crippen LogP contribution in [0.3, 0.4) is 0 Å². The molecule has 0 heterocycles. The Kier molecular flexibility index (Phi) is 1.93. The van der Waals surface area contributed by atoms with Crippen molar-refractivity contribution in [2.75, 3.05) is 7.11 Å². The Morgan fingerprint density at radius 3 is 2.14 bits per heavy atom. The first kappa shape index (κ1) is 8.69. The quantitative estimate of drug-likeness (QED) is 0.659. The van der Waals surface area contributed by atoms with Gasteiger partial charge in [-0.25, -0.2) is 0 Å². The highest BCUT2D eigenvalue weighted by atomic mass is 16.5. The second-order valence-corrected chi connectivity index (χ2v) is 2.98. The maximum Gasteiger partial charge on any atom is 0.233 e. The van der Waals surface area contributed by atoms with Crippen molar-refractivity contribution in [3.8, 4) is 16.9 Å². The average molecular weight is 188 g/mol. The monoisotopic (exact) mass is 188 g/mol. The predicted molar refractivity (Wildman–Crippen MR) is 53.3 cm³/mol. The van der Waals surface area contributed by atoms with Crippen LogP contribution in [-0.4, -0.2) is 7.11 Å². The van der Waals surface area contributed by atoms with E-state index in [0.717, 1.165) is 11.3 Å². The zero-order valence-electron chi connectivity index (χ0n) is 7.61. The van der Waals surface area contributed by atoms with Crippen molar-refractivity contribution in [2.45, 2.75) is 0 Å². The van der Waals surface area contributed by atoms with Gasteiger partial charge in [-0.05, 0) is 17.7 Å². The van der Waals surface area contributed by atoms with E-state index in [0.29, 0.717) is 5.56 Å². The first-order chi connectivity index (χ1) is 6.72. The lowest BCUT2D eigenvalue weighted by Gasteiger charge is -2.03. The first-order valence-corrected chi connectivity index (χ1v) is 4.17. The molecule has 0 radical (unpaired) electrons. The van der Waals surface area contributed by atoms with Crippen LogP contribution in [0, 0.1) is 0 Å². The first-order valence-electron chi connectivity index (χ1n) is 4.17. The minimum absolute atomic E-state index is 0.407. The highest BCUT2D eigenvalue weighted by Gasteiger charge is 2.10. The van der Waals surface area contributed by atoms with Gasteiger partial charge in [0.15, 0.2) is 0 Å². The van der Waals surface area contributed by atoms with Crippen LogP contribution in [0.4, 0.5) is 0 Å². The molecule has 0 aromatic heterocycles. The molecular weight excluding hydrogens is 180 g/mol. The summed E-state index contributed by atoms with van der Waals surface area (Å²) in [7, 11) is 1.58. The summed E-state index contributed by atoms with van der Waals surface area (Å²) in [6, 6.07) is 8.38. The van der Waals surface area contributed by atoms with Crippen molar-refractivity contribution in [1.82, 2.24) is 0 Å². The lowest BCUT2D eigenvalue weighted by atomic mass is 10.0. The summed E-state index contributed by atoms with van der Waals surface area (Å²) in [5.41, 5.74) is 0.416. The van der Waals surface area contributed by atoms with Crippen LogP contribution >= 0.6 is 0 Å². The topological polar surface area (TPSA) is 43.4 Å². The van der Waals surface area contributed by atoms with Crippen LogP contribution in [0.5, 0.6) is 5.75 Å². The van der Waals surface area contributed by atoms with Gasteiger partial charge in [-0.2, -0.15) is 0 Å². The van der Waals surface area contributed by atoms with Gasteiger partial charge >= 0.3 is 0 Å². The summed E-state index contributed by atoms with van der Waals surface area (Å²) in [5, 5.41) is 0. The van der Waals surface area contributed by atoms with E-state index in [1.165, 1.54) is 6.07 Å². The van der Waals surface area contributed by atoms with E-state index in [-0.39, 0.29) is 0 Å². The Labute approximate surface area is 80.3 Å². The summed E-state index contributed by atoms with van der Waals surface area (Å²) in [6.07, 6.45) is 0. The van der Waals surface area contributed by atoms with E-state index in [9.17, 15) is 9.59 Å². The summed E-state index contributed by atoms with van der Waals surface area (Å²) < 4.78 is 4.98. The normalized spacial score (nSPS) is 10.4. The van der Waals surface area contributed by atoms with E-state index >= 15 is 0 Å². The molecule has 0 aliphatic heterocycles. The number of methoxy groups -OCH3 is 1. The van der Waals surface area contributed by atoms with Crippen molar-refractivity contribution >= 4 is 0 Å². The number of hydrogen-bond donors (Lipinski definition) is 0. The second-order valence-electron chi connectivity index (χ2n) is 2.98. The zero-order valence-corrected chi connectivity index (χ0v) is 7.61. The van der Waals surface area contributed by atoms with Gasteiger partial charge in [0.25, 0.3) is 0 Å². The molecule has 2 rings (SSSR count). The number of ether oxygens (including phenoxy) is 1. The van der Waals surface area contributed by atoms with Crippen LogP contribution < -0.4 is 15.6 Å². The molecule has 0 saturated heterocycles. The Morgan fingerprint density at radius 1 is 1.07 bits per heavy atom. The van der Waals surface area contributed by atoms with Crippen LogP contribution in [0.2, 0.25) is 0 Å². The molecule has 0 unspecified atom stereocenters. The van der Waals surface area contributed by atoms with Crippen LogP contribution in [0.1, 0.15) is 0 Å². The maximum atomic E-state index is 11.1. The molecule has 0 aliphatic rings. The summed E-state index contributed by atoms with van der Waals surface area (Å²) >= 11 is 0. The smallest absolute Gasteiger partial charge is 0.233 e. The van der Waals surface area contributed by atoms with Gasteiger partial charge in [-0.1, -0.05) is 12.1 Å². The van der Waals surface area contributed by atoms with E-state index in [2.05, 4.69) is 0 Å². The van der Waals surface area contributed by atoms with Crippen molar-refractivity contribution in [2.24, 2.45) is 0 Å². The summed E-state index contributed by atoms with van der Waals surface area (Å²) in [4.78, 5) is 21.8. The molecule has 2 aromatic carbocycles. The van der Waals surface area contributed by atoms with Gasteiger partial charge in [0.1, 0.15) is 5.75 Å². The van der Waals surface area contributed by atoms with E-state index in [4.69, 9.17) is 4.74 Å². The fourth-order valence-corrected chi connectivity index (χ4v) is 1.30. The number of benzene rings is 1. The molecule has 0 bridgehead atoms. The largest absolute Gasteiger partial charge is 0.497 e. The fraction of sp³-hybridized carbons (Fsp3) is 0.0909. The lowest BCUT2D eigenvalue weighted by Crippen LogP contribution is -2.30. The molecule has 0 spiro atoms. The zero-order chi connectivity index (χ0) is 10.1. The predicted octanol–water partition coefficient (Wildman–Crippen LogP) is 0.958. The third kappa shape index (κ3) is 1.23. The van der Waals surface area contributed by atoms with Gasteiger partial charge in [0.2, 0.25) is 10.9 Å². The average Bonchev–Trinajstić information content (AvgIpc) is 2.25. The van der Waals surface area contributed by atoms with E-state index in [1.54, 1.807) is 31.4 Å². The van der Waals surface area contributed by atoms with Gasteiger partial charge in [0.05, 0.1) is 7.11 Å². The molecular formula is C11H8O3. The van der Waals surface area contributed by atoms with Crippen molar-refractivity contribution < 1.29 is 4.74 Å². The molecule has 0 N–H and O–H groups in total. The minimum atomic E-state index is -0.421. The molecule has 2 aromatic rings. The Balaban J connectivity index is 2.41. The minimum Gasteiger partial charge on any atom is -0.497 e. The lowest BCUT2D eigenvalue weighted by molar-refractivity contribution is 0.415. The third-order valence-electron chi connectivity index (χ3n) is 2.14. The van der Waals surface area contributed by atoms with E-state index in [1.807, 2.05) is 0 Å². The number of hydrogen-bond acceptors (Lipinski definition) is 3.